The van der Waals surface area contributed by atoms with Crippen LogP contribution in [-0.4, -0.2) is 39.9 Å². The Morgan fingerprint density at radius 2 is 1.83 bits per heavy atom. The highest BCUT2D eigenvalue weighted by Crippen LogP contribution is 2.48. The van der Waals surface area contributed by atoms with Crippen molar-refractivity contribution < 1.29 is 14.0 Å². The van der Waals surface area contributed by atoms with E-state index in [9.17, 15) is 14.0 Å². The van der Waals surface area contributed by atoms with E-state index in [1.54, 1.807) is 17.0 Å². The van der Waals surface area contributed by atoms with Crippen LogP contribution in [0.5, 0.6) is 0 Å². The van der Waals surface area contributed by atoms with Crippen LogP contribution in [0.3, 0.4) is 0 Å². The summed E-state index contributed by atoms with van der Waals surface area (Å²) < 4.78 is 15.6. The number of halogens is 1. The summed E-state index contributed by atoms with van der Waals surface area (Å²) in [4.78, 5) is 28.1. The molecular weight excluding hydrogens is 475 g/mol. The molecule has 6 nitrogen and oxygen atoms in total. The number of amides is 2. The largest absolute Gasteiger partial charge is 0.352 e. The van der Waals surface area contributed by atoms with Gasteiger partial charge in [-0.2, -0.15) is 5.10 Å². The van der Waals surface area contributed by atoms with Gasteiger partial charge in [0.25, 0.3) is 0 Å². The molecule has 2 heterocycles. The maximum Gasteiger partial charge on any atom is 0.240 e. The number of aromatic nitrogens is 2. The van der Waals surface area contributed by atoms with Crippen molar-refractivity contribution in [3.63, 3.8) is 0 Å². The van der Waals surface area contributed by atoms with E-state index in [1.807, 2.05) is 35.9 Å². The Kier molecular flexibility index (Phi) is 6.41. The lowest BCUT2D eigenvalue weighted by atomic mass is 9.87. The number of thioether (sulfide) groups is 1. The van der Waals surface area contributed by atoms with Crippen LogP contribution >= 0.6 is 11.8 Å². The van der Waals surface area contributed by atoms with Crippen LogP contribution in [0.2, 0.25) is 0 Å². The predicted molar refractivity (Wildman–Crippen MR) is 141 cm³/mol. The third-order valence-corrected chi connectivity index (χ3v) is 7.81. The lowest BCUT2D eigenvalue weighted by Crippen LogP contribution is -2.43. The maximum absolute atomic E-state index is 13.8. The van der Waals surface area contributed by atoms with E-state index in [0.717, 1.165) is 40.9 Å². The molecule has 1 saturated carbocycles. The Bertz CT molecular complexity index is 1310. The van der Waals surface area contributed by atoms with Gasteiger partial charge in [-0.25, -0.2) is 9.07 Å². The third-order valence-electron chi connectivity index (χ3n) is 6.56. The summed E-state index contributed by atoms with van der Waals surface area (Å²) in [6.45, 7) is 8.23. The topological polar surface area (TPSA) is 67.2 Å². The highest BCUT2D eigenvalue weighted by molar-refractivity contribution is 8.00. The molecule has 0 radical (unpaired) electrons. The smallest absolute Gasteiger partial charge is 0.240 e. The first-order valence-electron chi connectivity index (χ1n) is 12.3. The van der Waals surface area contributed by atoms with E-state index in [-0.39, 0.29) is 46.6 Å². The molecule has 1 aromatic heterocycles. The number of anilines is 1. The molecule has 1 aliphatic heterocycles. The zero-order valence-corrected chi connectivity index (χ0v) is 21.9. The molecule has 1 aliphatic carbocycles. The van der Waals surface area contributed by atoms with Gasteiger partial charge in [0.15, 0.2) is 0 Å². The number of para-hydroxylation sites is 1. The molecule has 1 fully saturated rings. The molecule has 8 heteroatoms. The number of benzene rings is 2. The molecule has 0 bridgehead atoms. The van der Waals surface area contributed by atoms with Gasteiger partial charge in [0.05, 0.1) is 22.4 Å². The van der Waals surface area contributed by atoms with Crippen molar-refractivity contribution in [3.05, 3.63) is 76.7 Å². The second kappa shape index (κ2) is 9.39. The average molecular weight is 507 g/mol. The molecular formula is C28H31FN4O2S. The van der Waals surface area contributed by atoms with E-state index >= 15 is 0 Å². The maximum atomic E-state index is 13.8. The van der Waals surface area contributed by atoms with Gasteiger partial charge in [-0.15, -0.1) is 11.8 Å². The molecule has 3 aromatic rings. The number of nitrogens with zero attached hydrogens (tertiary/aromatic N) is 3. The Hall–Kier alpha value is -3.13. The van der Waals surface area contributed by atoms with Gasteiger partial charge in [0.2, 0.25) is 11.8 Å². The van der Waals surface area contributed by atoms with Gasteiger partial charge < -0.3 is 5.32 Å². The van der Waals surface area contributed by atoms with Crippen LogP contribution in [0.15, 0.2) is 48.5 Å². The number of fused-ring (bicyclic) bond motifs is 1. The second-order valence-electron chi connectivity index (χ2n) is 10.6. The van der Waals surface area contributed by atoms with Crippen molar-refractivity contribution in [2.24, 2.45) is 0 Å². The van der Waals surface area contributed by atoms with E-state index < -0.39 is 0 Å². The molecule has 2 aliphatic rings. The summed E-state index contributed by atoms with van der Waals surface area (Å²) >= 11 is 1.50. The van der Waals surface area contributed by atoms with Crippen molar-refractivity contribution in [3.8, 4) is 5.69 Å². The summed E-state index contributed by atoms with van der Waals surface area (Å²) in [6.07, 6.45) is 1.95. The van der Waals surface area contributed by atoms with E-state index in [4.69, 9.17) is 5.10 Å². The quantitative estimate of drug-likeness (QED) is 0.525. The van der Waals surface area contributed by atoms with E-state index in [2.05, 4.69) is 26.1 Å². The Labute approximate surface area is 215 Å². The van der Waals surface area contributed by atoms with Gasteiger partial charge in [-0.3, -0.25) is 14.5 Å². The minimum absolute atomic E-state index is 0.0693. The Morgan fingerprint density at radius 1 is 1.14 bits per heavy atom. The van der Waals surface area contributed by atoms with Crippen LogP contribution < -0.4 is 10.2 Å². The molecule has 0 spiro atoms. The molecule has 1 atom stereocenters. The standard InChI is InChI=1S/C28H31FN4O2S/c1-17-7-5-6-8-21(17)33-27-24(26(31-33)28(2,3)4)25(18-9-11-19(29)12-10-18)36-16-23(35)32(27)15-22(34)30-20-13-14-20/h5-12,20,25H,13-16H2,1-4H3,(H,30,34). The fraction of sp³-hybridized carbons (Fsp3) is 0.393. The average Bonchev–Trinajstić information content (AvgIpc) is 3.57. The van der Waals surface area contributed by atoms with Crippen LogP contribution in [0, 0.1) is 12.7 Å². The van der Waals surface area contributed by atoms with Crippen molar-refractivity contribution in [1.82, 2.24) is 15.1 Å². The normalized spacial score (nSPS) is 18.1. The first kappa shape index (κ1) is 24.6. The van der Waals surface area contributed by atoms with E-state index in [1.165, 1.54) is 23.9 Å². The highest BCUT2D eigenvalue weighted by atomic mass is 32.2. The van der Waals surface area contributed by atoms with Gasteiger partial charge in [0.1, 0.15) is 18.2 Å². The van der Waals surface area contributed by atoms with Gasteiger partial charge in [-0.05, 0) is 49.1 Å². The van der Waals surface area contributed by atoms with Crippen LogP contribution in [0.25, 0.3) is 5.69 Å². The van der Waals surface area contributed by atoms with Gasteiger partial charge >= 0.3 is 0 Å². The predicted octanol–water partition coefficient (Wildman–Crippen LogP) is 5.07. The van der Waals surface area contributed by atoms with Crippen LogP contribution in [0.4, 0.5) is 10.2 Å². The van der Waals surface area contributed by atoms with Crippen LogP contribution in [0.1, 0.15) is 61.2 Å². The van der Waals surface area contributed by atoms with Crippen molar-refractivity contribution in [1.29, 1.82) is 0 Å². The third kappa shape index (κ3) is 4.78. The molecule has 1 unspecified atom stereocenters. The first-order valence-corrected chi connectivity index (χ1v) is 13.3. The summed E-state index contributed by atoms with van der Waals surface area (Å²) in [7, 11) is 0. The van der Waals surface area contributed by atoms with Gasteiger partial charge in [-0.1, -0.05) is 51.1 Å². The van der Waals surface area contributed by atoms with Crippen LogP contribution in [-0.2, 0) is 15.0 Å². The Balaban J connectivity index is 1.75. The lowest BCUT2D eigenvalue weighted by Gasteiger charge is -2.24. The van der Waals surface area contributed by atoms with Crippen molar-refractivity contribution in [2.45, 2.75) is 57.2 Å². The second-order valence-corrected chi connectivity index (χ2v) is 11.7. The molecule has 1 N–H and O–H groups in total. The molecule has 2 amide bonds. The minimum atomic E-state index is -0.341. The summed E-state index contributed by atoms with van der Waals surface area (Å²) in [6, 6.07) is 14.5. The zero-order chi connectivity index (χ0) is 25.6. The fourth-order valence-electron chi connectivity index (χ4n) is 4.59. The lowest BCUT2D eigenvalue weighted by molar-refractivity contribution is -0.123. The number of carbonyl (C=O) groups excluding carboxylic acids is 2. The fourth-order valence-corrected chi connectivity index (χ4v) is 5.79. The number of nitrogens with one attached hydrogen (secondary N) is 1. The van der Waals surface area contributed by atoms with E-state index in [0.29, 0.717) is 5.82 Å². The number of hydrogen-bond donors (Lipinski definition) is 1. The molecule has 36 heavy (non-hydrogen) atoms. The van der Waals surface area contributed by atoms with Crippen molar-refractivity contribution in [2.75, 3.05) is 17.2 Å². The Morgan fingerprint density at radius 3 is 2.47 bits per heavy atom. The highest BCUT2D eigenvalue weighted by Gasteiger charge is 2.40. The first-order chi connectivity index (χ1) is 17.1. The molecule has 0 saturated heterocycles. The number of carbonyl (C=O) groups is 2. The molecule has 188 valence electrons. The number of aryl methyl sites for hydroxylation is 1. The minimum Gasteiger partial charge on any atom is -0.352 e. The number of rotatable bonds is 5. The number of hydrogen-bond acceptors (Lipinski definition) is 4. The monoisotopic (exact) mass is 506 g/mol. The van der Waals surface area contributed by atoms with Gasteiger partial charge in [0, 0.05) is 17.0 Å². The summed E-state index contributed by atoms with van der Waals surface area (Å²) in [5, 5.41) is 7.87. The summed E-state index contributed by atoms with van der Waals surface area (Å²) in [5.41, 5.74) is 4.17. The van der Waals surface area contributed by atoms with Crippen molar-refractivity contribution >= 4 is 29.4 Å². The molecule has 2 aromatic carbocycles. The summed E-state index contributed by atoms with van der Waals surface area (Å²) in [5.74, 6) is 0.192. The SMILES string of the molecule is Cc1ccccc1-n1nc(C(C)(C)C)c2c1N(CC(=O)NC1CC1)C(=O)CSC2c1ccc(F)cc1. The zero-order valence-electron chi connectivity index (χ0n) is 21.0. The molecule has 5 rings (SSSR count).